The topological polar surface area (TPSA) is 42.0 Å². The second kappa shape index (κ2) is 6.38. The summed E-state index contributed by atoms with van der Waals surface area (Å²) in [6.45, 7) is 4.46. The molecule has 1 saturated carbocycles. The fourth-order valence-corrected chi connectivity index (χ4v) is 3.08. The Morgan fingerprint density at radius 3 is 2.79 bits per heavy atom. The van der Waals surface area contributed by atoms with Crippen molar-refractivity contribution in [2.24, 2.45) is 11.8 Å². The second-order valence-electron chi connectivity index (χ2n) is 5.62. The summed E-state index contributed by atoms with van der Waals surface area (Å²) in [4.78, 5) is 16.3. The number of amides is 1. The number of hydrogen-bond acceptors (Lipinski definition) is 2. The largest absolute Gasteiger partial charge is 0.348 e. The molecule has 0 aromatic carbocycles. The first-order chi connectivity index (χ1) is 9.08. The van der Waals surface area contributed by atoms with E-state index in [2.05, 4.69) is 24.1 Å². The summed E-state index contributed by atoms with van der Waals surface area (Å²) in [5, 5.41) is 3.49. The standard InChI is InChI=1S/C15H21ClN2O/c1-10(2)11-6-3-4-7-12(11)18-15(19)13-8-5-9-14(16)17-13/h5,8-12H,3-4,6-7H2,1-2H3,(H,18,19). The average molecular weight is 281 g/mol. The molecule has 2 unspecified atom stereocenters. The maximum atomic E-state index is 12.2. The lowest BCUT2D eigenvalue weighted by molar-refractivity contribution is 0.0884. The molecule has 3 nitrogen and oxygen atoms in total. The molecular weight excluding hydrogens is 260 g/mol. The maximum Gasteiger partial charge on any atom is 0.270 e. The van der Waals surface area contributed by atoms with Crippen LogP contribution < -0.4 is 5.32 Å². The number of rotatable bonds is 3. The Labute approximate surface area is 119 Å². The van der Waals surface area contributed by atoms with E-state index < -0.39 is 0 Å². The van der Waals surface area contributed by atoms with E-state index in [1.165, 1.54) is 19.3 Å². The molecule has 1 aromatic rings. The normalized spacial score (nSPS) is 23.4. The summed E-state index contributed by atoms with van der Waals surface area (Å²) in [6.07, 6.45) is 4.72. The number of hydrogen-bond donors (Lipinski definition) is 1. The third-order valence-corrected chi connectivity index (χ3v) is 4.15. The van der Waals surface area contributed by atoms with Gasteiger partial charge in [-0.05, 0) is 36.8 Å². The number of pyridine rings is 1. The third-order valence-electron chi connectivity index (χ3n) is 3.94. The highest BCUT2D eigenvalue weighted by molar-refractivity contribution is 6.29. The summed E-state index contributed by atoms with van der Waals surface area (Å²) in [5.74, 6) is 1.05. The first kappa shape index (κ1) is 14.3. The Hall–Kier alpha value is -1.09. The minimum Gasteiger partial charge on any atom is -0.348 e. The van der Waals surface area contributed by atoms with Gasteiger partial charge in [-0.25, -0.2) is 4.98 Å². The first-order valence-electron chi connectivity index (χ1n) is 7.01. The van der Waals surface area contributed by atoms with Gasteiger partial charge in [0.1, 0.15) is 10.8 Å². The van der Waals surface area contributed by atoms with Crippen LogP contribution in [0, 0.1) is 11.8 Å². The predicted octanol–water partition coefficient (Wildman–Crippen LogP) is 3.68. The Morgan fingerprint density at radius 2 is 2.11 bits per heavy atom. The molecule has 0 bridgehead atoms. The molecule has 1 fully saturated rings. The van der Waals surface area contributed by atoms with Gasteiger partial charge in [-0.2, -0.15) is 0 Å². The fraction of sp³-hybridized carbons (Fsp3) is 0.600. The van der Waals surface area contributed by atoms with E-state index in [1.54, 1.807) is 18.2 Å². The van der Waals surface area contributed by atoms with E-state index in [1.807, 2.05) is 0 Å². The number of nitrogens with one attached hydrogen (secondary N) is 1. The lowest BCUT2D eigenvalue weighted by Gasteiger charge is -2.34. The molecule has 19 heavy (non-hydrogen) atoms. The summed E-state index contributed by atoms with van der Waals surface area (Å²) in [5.41, 5.74) is 0.403. The molecule has 1 aliphatic carbocycles. The summed E-state index contributed by atoms with van der Waals surface area (Å²) >= 11 is 5.82. The van der Waals surface area contributed by atoms with E-state index in [9.17, 15) is 4.79 Å². The quantitative estimate of drug-likeness (QED) is 0.858. The molecule has 0 radical (unpaired) electrons. The Morgan fingerprint density at radius 1 is 1.37 bits per heavy atom. The predicted molar refractivity (Wildman–Crippen MR) is 77.3 cm³/mol. The van der Waals surface area contributed by atoms with Gasteiger partial charge in [-0.3, -0.25) is 4.79 Å². The summed E-state index contributed by atoms with van der Waals surface area (Å²) in [6, 6.07) is 5.40. The van der Waals surface area contributed by atoms with Crippen molar-refractivity contribution >= 4 is 17.5 Å². The Balaban J connectivity index is 2.04. The lowest BCUT2D eigenvalue weighted by atomic mass is 9.78. The zero-order chi connectivity index (χ0) is 13.8. The van der Waals surface area contributed by atoms with Gasteiger partial charge in [0, 0.05) is 6.04 Å². The zero-order valence-electron chi connectivity index (χ0n) is 11.5. The zero-order valence-corrected chi connectivity index (χ0v) is 12.3. The van der Waals surface area contributed by atoms with Crippen molar-refractivity contribution < 1.29 is 4.79 Å². The van der Waals surface area contributed by atoms with Crippen LogP contribution in [0.4, 0.5) is 0 Å². The second-order valence-corrected chi connectivity index (χ2v) is 6.01. The molecule has 2 atom stereocenters. The van der Waals surface area contributed by atoms with Crippen LogP contribution in [0.1, 0.15) is 50.0 Å². The summed E-state index contributed by atoms with van der Waals surface area (Å²) in [7, 11) is 0. The molecule has 0 aliphatic heterocycles. The number of aromatic nitrogens is 1. The van der Waals surface area contributed by atoms with Crippen molar-refractivity contribution in [1.29, 1.82) is 0 Å². The van der Waals surface area contributed by atoms with Crippen LogP contribution >= 0.6 is 11.6 Å². The van der Waals surface area contributed by atoms with E-state index in [0.717, 1.165) is 6.42 Å². The van der Waals surface area contributed by atoms with Gasteiger partial charge in [-0.15, -0.1) is 0 Å². The molecule has 1 aromatic heterocycles. The van der Waals surface area contributed by atoms with Gasteiger partial charge in [0.2, 0.25) is 0 Å². The number of halogens is 1. The Bertz CT molecular complexity index is 448. The molecule has 1 aliphatic rings. The van der Waals surface area contributed by atoms with Crippen LogP contribution in [-0.4, -0.2) is 16.9 Å². The van der Waals surface area contributed by atoms with Crippen molar-refractivity contribution in [3.05, 3.63) is 29.0 Å². The van der Waals surface area contributed by atoms with Crippen LogP contribution in [0.25, 0.3) is 0 Å². The number of nitrogens with zero attached hydrogens (tertiary/aromatic N) is 1. The van der Waals surface area contributed by atoms with E-state index in [-0.39, 0.29) is 11.9 Å². The minimum absolute atomic E-state index is 0.111. The van der Waals surface area contributed by atoms with Crippen LogP contribution in [0.15, 0.2) is 18.2 Å². The molecule has 1 amide bonds. The van der Waals surface area contributed by atoms with Crippen LogP contribution in [0.5, 0.6) is 0 Å². The molecular formula is C15H21ClN2O. The molecule has 4 heteroatoms. The minimum atomic E-state index is -0.111. The SMILES string of the molecule is CC(C)C1CCCCC1NC(=O)c1cccc(Cl)n1. The lowest BCUT2D eigenvalue weighted by Crippen LogP contribution is -2.44. The average Bonchev–Trinajstić information content (AvgIpc) is 2.39. The molecule has 0 spiro atoms. The van der Waals surface area contributed by atoms with Gasteiger partial charge in [0.05, 0.1) is 0 Å². The van der Waals surface area contributed by atoms with Crippen LogP contribution in [0.2, 0.25) is 5.15 Å². The molecule has 1 heterocycles. The highest BCUT2D eigenvalue weighted by Crippen LogP contribution is 2.30. The van der Waals surface area contributed by atoms with Gasteiger partial charge < -0.3 is 5.32 Å². The van der Waals surface area contributed by atoms with E-state index in [0.29, 0.717) is 22.7 Å². The highest BCUT2D eigenvalue weighted by atomic mass is 35.5. The first-order valence-corrected chi connectivity index (χ1v) is 7.39. The number of carbonyl (C=O) groups excluding carboxylic acids is 1. The van der Waals surface area contributed by atoms with Gasteiger partial charge in [0.25, 0.3) is 5.91 Å². The van der Waals surface area contributed by atoms with Crippen LogP contribution in [0.3, 0.4) is 0 Å². The van der Waals surface area contributed by atoms with Crippen molar-refractivity contribution in [1.82, 2.24) is 10.3 Å². The smallest absolute Gasteiger partial charge is 0.270 e. The van der Waals surface area contributed by atoms with Gasteiger partial charge in [0.15, 0.2) is 0 Å². The van der Waals surface area contributed by atoms with Crippen molar-refractivity contribution in [3.63, 3.8) is 0 Å². The van der Waals surface area contributed by atoms with Crippen molar-refractivity contribution in [2.45, 2.75) is 45.6 Å². The molecule has 1 N–H and O–H groups in total. The maximum absolute atomic E-state index is 12.2. The highest BCUT2D eigenvalue weighted by Gasteiger charge is 2.29. The molecule has 104 valence electrons. The van der Waals surface area contributed by atoms with E-state index >= 15 is 0 Å². The summed E-state index contributed by atoms with van der Waals surface area (Å²) < 4.78 is 0. The molecule has 2 rings (SSSR count). The third kappa shape index (κ3) is 3.69. The number of carbonyl (C=O) groups is 1. The fourth-order valence-electron chi connectivity index (χ4n) is 2.91. The van der Waals surface area contributed by atoms with E-state index in [4.69, 9.17) is 11.6 Å². The van der Waals surface area contributed by atoms with Crippen molar-refractivity contribution in [3.8, 4) is 0 Å². The van der Waals surface area contributed by atoms with Gasteiger partial charge >= 0.3 is 0 Å². The van der Waals surface area contributed by atoms with Crippen LogP contribution in [-0.2, 0) is 0 Å². The Kier molecular flexibility index (Phi) is 4.81. The molecule has 0 saturated heterocycles. The monoisotopic (exact) mass is 280 g/mol. The van der Waals surface area contributed by atoms with Gasteiger partial charge in [-0.1, -0.05) is 44.4 Å². The van der Waals surface area contributed by atoms with Crippen molar-refractivity contribution in [2.75, 3.05) is 0 Å².